The number of piperidine rings is 1. The number of β-amino-alcohol motifs (C(OH)–C–C–N with tert-alkyl or cyclic N) is 1. The molecule has 0 spiro atoms. The van der Waals surface area contributed by atoms with E-state index in [0.717, 1.165) is 0 Å². The van der Waals surface area contributed by atoms with Crippen molar-refractivity contribution in [1.29, 1.82) is 0 Å². The zero-order chi connectivity index (χ0) is 13.2. The van der Waals surface area contributed by atoms with Gasteiger partial charge in [-0.05, 0) is 18.9 Å². The van der Waals surface area contributed by atoms with Crippen molar-refractivity contribution in [1.82, 2.24) is 4.31 Å². The molecule has 100 valence electrons. The van der Waals surface area contributed by atoms with E-state index in [2.05, 4.69) is 0 Å². The molecule has 0 aliphatic carbocycles. The first kappa shape index (κ1) is 13.5. The van der Waals surface area contributed by atoms with Gasteiger partial charge in [-0.15, -0.1) is 0 Å². The van der Waals surface area contributed by atoms with Gasteiger partial charge in [0.2, 0.25) is 10.0 Å². The maximum Gasteiger partial charge on any atom is 0.218 e. The molecule has 0 bridgehead atoms. The maximum atomic E-state index is 13.4. The Morgan fingerprint density at radius 3 is 2.78 bits per heavy atom. The molecule has 0 saturated carbocycles. The first-order valence-corrected chi connectivity index (χ1v) is 7.49. The van der Waals surface area contributed by atoms with Crippen molar-refractivity contribution in [2.45, 2.75) is 24.7 Å². The van der Waals surface area contributed by atoms with Crippen LogP contribution in [0.3, 0.4) is 0 Å². The molecule has 18 heavy (non-hydrogen) atoms. The second-order valence-electron chi connectivity index (χ2n) is 4.50. The number of sulfonamides is 1. The predicted molar refractivity (Wildman–Crippen MR) is 65.8 cm³/mol. The van der Waals surface area contributed by atoms with Gasteiger partial charge < -0.3 is 5.11 Å². The molecule has 1 atom stereocenters. The Balaban J connectivity index is 2.14. The molecule has 1 heterocycles. The molecular formula is C12H16FNO3S. The summed E-state index contributed by atoms with van der Waals surface area (Å²) in [5.74, 6) is -0.870. The van der Waals surface area contributed by atoms with Gasteiger partial charge in [-0.2, -0.15) is 4.31 Å². The van der Waals surface area contributed by atoms with Crippen LogP contribution in [0, 0.1) is 5.82 Å². The highest BCUT2D eigenvalue weighted by Gasteiger charge is 2.28. The molecule has 1 aromatic carbocycles. The number of rotatable bonds is 3. The topological polar surface area (TPSA) is 57.6 Å². The first-order valence-electron chi connectivity index (χ1n) is 5.88. The largest absolute Gasteiger partial charge is 0.392 e. The molecule has 1 aliphatic heterocycles. The van der Waals surface area contributed by atoms with Gasteiger partial charge in [0.1, 0.15) is 5.82 Å². The highest BCUT2D eigenvalue weighted by molar-refractivity contribution is 7.88. The highest BCUT2D eigenvalue weighted by Crippen LogP contribution is 2.18. The summed E-state index contributed by atoms with van der Waals surface area (Å²) in [7, 11) is -3.56. The van der Waals surface area contributed by atoms with Crippen LogP contribution in [0.2, 0.25) is 0 Å². The minimum Gasteiger partial charge on any atom is -0.392 e. The molecular weight excluding hydrogens is 257 g/mol. The Labute approximate surface area is 106 Å². The normalized spacial score (nSPS) is 22.0. The third-order valence-corrected chi connectivity index (χ3v) is 4.84. The summed E-state index contributed by atoms with van der Waals surface area (Å²) >= 11 is 0. The van der Waals surface area contributed by atoms with Crippen LogP contribution in [0.4, 0.5) is 4.39 Å². The first-order chi connectivity index (χ1) is 8.49. The van der Waals surface area contributed by atoms with Crippen LogP contribution in [0.15, 0.2) is 24.3 Å². The standard InChI is InChI=1S/C12H16FNO3S/c13-12-6-2-1-4-10(12)9-18(16,17)14-7-3-5-11(15)8-14/h1-2,4,6,11,15H,3,5,7-9H2. The third-order valence-electron chi connectivity index (χ3n) is 3.05. The third kappa shape index (κ3) is 3.07. The van der Waals surface area contributed by atoms with Crippen molar-refractivity contribution in [3.05, 3.63) is 35.6 Å². The Bertz CT molecular complexity index is 518. The lowest BCUT2D eigenvalue weighted by molar-refractivity contribution is 0.108. The Morgan fingerprint density at radius 1 is 1.39 bits per heavy atom. The Morgan fingerprint density at radius 2 is 2.11 bits per heavy atom. The smallest absolute Gasteiger partial charge is 0.218 e. The van der Waals surface area contributed by atoms with Crippen LogP contribution in [0.5, 0.6) is 0 Å². The molecule has 6 heteroatoms. The average Bonchev–Trinajstić information content (AvgIpc) is 2.32. The summed E-state index contributed by atoms with van der Waals surface area (Å²) in [6.07, 6.45) is 0.637. The molecule has 1 aromatic rings. The number of nitrogens with zero attached hydrogens (tertiary/aromatic N) is 1. The summed E-state index contributed by atoms with van der Waals surface area (Å²) < 4.78 is 38.9. The number of aliphatic hydroxyl groups is 1. The molecule has 1 N–H and O–H groups in total. The SMILES string of the molecule is O=S(=O)(Cc1ccccc1F)N1CCCC(O)C1. The molecule has 1 aliphatic rings. The van der Waals surface area contributed by atoms with E-state index in [-0.39, 0.29) is 17.9 Å². The molecule has 0 amide bonds. The fraction of sp³-hybridized carbons (Fsp3) is 0.500. The zero-order valence-electron chi connectivity index (χ0n) is 9.92. The van der Waals surface area contributed by atoms with E-state index in [4.69, 9.17) is 0 Å². The maximum absolute atomic E-state index is 13.4. The van der Waals surface area contributed by atoms with Crippen LogP contribution in [-0.4, -0.2) is 37.0 Å². The van der Waals surface area contributed by atoms with Gasteiger partial charge in [-0.1, -0.05) is 18.2 Å². The molecule has 1 unspecified atom stereocenters. The quantitative estimate of drug-likeness (QED) is 0.897. The van der Waals surface area contributed by atoms with E-state index in [9.17, 15) is 17.9 Å². The summed E-state index contributed by atoms with van der Waals surface area (Å²) in [5, 5.41) is 9.48. The van der Waals surface area contributed by atoms with Crippen LogP contribution < -0.4 is 0 Å². The van der Waals surface area contributed by atoms with Crippen molar-refractivity contribution >= 4 is 10.0 Å². The fourth-order valence-electron chi connectivity index (χ4n) is 2.08. The van der Waals surface area contributed by atoms with Crippen LogP contribution >= 0.6 is 0 Å². The summed E-state index contributed by atoms with van der Waals surface area (Å²) in [6, 6.07) is 5.85. The Hall–Kier alpha value is -0.980. The number of halogens is 1. The lowest BCUT2D eigenvalue weighted by atomic mass is 10.1. The van der Waals surface area contributed by atoms with E-state index < -0.39 is 21.9 Å². The Kier molecular flexibility index (Phi) is 3.99. The van der Waals surface area contributed by atoms with Crippen molar-refractivity contribution in [3.8, 4) is 0 Å². The average molecular weight is 273 g/mol. The molecule has 2 rings (SSSR count). The lowest BCUT2D eigenvalue weighted by Gasteiger charge is -2.29. The zero-order valence-corrected chi connectivity index (χ0v) is 10.7. The minimum absolute atomic E-state index is 0.108. The summed E-state index contributed by atoms with van der Waals surface area (Å²) in [5.41, 5.74) is 0.164. The number of hydrogen-bond acceptors (Lipinski definition) is 3. The second kappa shape index (κ2) is 5.34. The van der Waals surface area contributed by atoms with Gasteiger partial charge >= 0.3 is 0 Å². The van der Waals surface area contributed by atoms with E-state index in [1.54, 1.807) is 6.07 Å². The molecule has 1 saturated heterocycles. The fourth-order valence-corrected chi connectivity index (χ4v) is 3.69. The van der Waals surface area contributed by atoms with Crippen molar-refractivity contribution in [2.24, 2.45) is 0 Å². The molecule has 1 fully saturated rings. The summed E-state index contributed by atoms with van der Waals surface area (Å²) in [4.78, 5) is 0. The van der Waals surface area contributed by atoms with Crippen LogP contribution in [-0.2, 0) is 15.8 Å². The minimum atomic E-state index is -3.56. The number of benzene rings is 1. The predicted octanol–water partition coefficient (Wildman–Crippen LogP) is 1.11. The highest BCUT2D eigenvalue weighted by atomic mass is 32.2. The molecule has 0 aromatic heterocycles. The van der Waals surface area contributed by atoms with Gasteiger partial charge in [0, 0.05) is 18.7 Å². The van der Waals surface area contributed by atoms with E-state index >= 15 is 0 Å². The van der Waals surface area contributed by atoms with Gasteiger partial charge in [-0.3, -0.25) is 0 Å². The van der Waals surface area contributed by atoms with Crippen molar-refractivity contribution in [3.63, 3.8) is 0 Å². The number of hydrogen-bond donors (Lipinski definition) is 1. The van der Waals surface area contributed by atoms with E-state index in [1.807, 2.05) is 0 Å². The van der Waals surface area contributed by atoms with Gasteiger partial charge in [0.05, 0.1) is 11.9 Å². The molecule has 0 radical (unpaired) electrons. The monoisotopic (exact) mass is 273 g/mol. The molecule has 4 nitrogen and oxygen atoms in total. The van der Waals surface area contributed by atoms with Crippen LogP contribution in [0.25, 0.3) is 0 Å². The van der Waals surface area contributed by atoms with E-state index in [1.165, 1.54) is 22.5 Å². The van der Waals surface area contributed by atoms with Crippen LogP contribution in [0.1, 0.15) is 18.4 Å². The van der Waals surface area contributed by atoms with Crippen molar-refractivity contribution < 1.29 is 17.9 Å². The van der Waals surface area contributed by atoms with Gasteiger partial charge in [0.25, 0.3) is 0 Å². The van der Waals surface area contributed by atoms with Crippen molar-refractivity contribution in [2.75, 3.05) is 13.1 Å². The van der Waals surface area contributed by atoms with Gasteiger partial charge in [-0.25, -0.2) is 12.8 Å². The van der Waals surface area contributed by atoms with Gasteiger partial charge in [0.15, 0.2) is 0 Å². The second-order valence-corrected chi connectivity index (χ2v) is 6.47. The number of aliphatic hydroxyl groups excluding tert-OH is 1. The summed E-state index contributed by atoms with van der Waals surface area (Å²) in [6.45, 7) is 0.505. The van der Waals surface area contributed by atoms with E-state index in [0.29, 0.717) is 19.4 Å². The lowest BCUT2D eigenvalue weighted by Crippen LogP contribution is -2.42.